The summed E-state index contributed by atoms with van der Waals surface area (Å²) in [6.07, 6.45) is -3.40. The van der Waals surface area contributed by atoms with Crippen LogP contribution in [0.1, 0.15) is 17.2 Å². The number of hydrogen-bond donors (Lipinski definition) is 2. The average Bonchev–Trinajstić information content (AvgIpc) is 2.58. The predicted octanol–water partition coefficient (Wildman–Crippen LogP) is 3.48. The van der Waals surface area contributed by atoms with Gasteiger partial charge in [0.1, 0.15) is 0 Å². The number of aliphatic hydroxyl groups excluding tert-OH is 1. The highest BCUT2D eigenvalue weighted by molar-refractivity contribution is 5.82. The molecule has 0 saturated heterocycles. The largest absolute Gasteiger partial charge is 0.471 e. The van der Waals surface area contributed by atoms with E-state index in [0.717, 1.165) is 5.56 Å². The van der Waals surface area contributed by atoms with Crippen molar-refractivity contribution in [1.29, 1.82) is 0 Å². The third-order valence-corrected chi connectivity index (χ3v) is 3.33. The molecular weight excluding hydrogens is 319 g/mol. The number of nitrogens with one attached hydrogen (secondary N) is 1. The minimum absolute atomic E-state index is 0.375. The first-order valence-corrected chi connectivity index (χ1v) is 7.22. The van der Waals surface area contributed by atoms with Gasteiger partial charge in [-0.3, -0.25) is 4.79 Å². The molecule has 1 amide bonds. The van der Waals surface area contributed by atoms with Crippen LogP contribution in [0.3, 0.4) is 0 Å². The number of amides is 1. The zero-order valence-electron chi connectivity index (χ0n) is 12.6. The Morgan fingerprint density at radius 1 is 1.00 bits per heavy atom. The molecule has 0 bridgehead atoms. The molecule has 24 heavy (non-hydrogen) atoms. The Balaban J connectivity index is 2.22. The second-order valence-corrected chi connectivity index (χ2v) is 5.12. The summed E-state index contributed by atoms with van der Waals surface area (Å²) < 4.78 is 37.6. The van der Waals surface area contributed by atoms with Gasteiger partial charge in [0.15, 0.2) is 0 Å². The first-order chi connectivity index (χ1) is 11.4. The van der Waals surface area contributed by atoms with Crippen LogP contribution in [0.2, 0.25) is 0 Å². The normalized spacial score (nSPS) is 14.3. The second kappa shape index (κ2) is 7.79. The van der Waals surface area contributed by atoms with Crippen molar-refractivity contribution in [3.63, 3.8) is 0 Å². The van der Waals surface area contributed by atoms with Crippen molar-refractivity contribution in [1.82, 2.24) is 5.32 Å². The summed E-state index contributed by atoms with van der Waals surface area (Å²) in [5.74, 6) is -2.09. The average molecular weight is 335 g/mol. The highest BCUT2D eigenvalue weighted by Gasteiger charge is 2.40. The summed E-state index contributed by atoms with van der Waals surface area (Å²) >= 11 is 0. The van der Waals surface area contributed by atoms with Crippen molar-refractivity contribution >= 4 is 12.0 Å². The van der Waals surface area contributed by atoms with Gasteiger partial charge >= 0.3 is 12.1 Å². The van der Waals surface area contributed by atoms with Crippen LogP contribution >= 0.6 is 0 Å². The smallest absolute Gasteiger partial charge is 0.387 e. The molecule has 2 rings (SSSR count). The van der Waals surface area contributed by atoms with Crippen LogP contribution in [0.15, 0.2) is 66.7 Å². The van der Waals surface area contributed by atoms with Gasteiger partial charge in [-0.05, 0) is 11.1 Å². The number of rotatable bonds is 5. The van der Waals surface area contributed by atoms with E-state index >= 15 is 0 Å². The number of benzene rings is 2. The lowest BCUT2D eigenvalue weighted by Crippen LogP contribution is -2.42. The molecule has 0 aromatic heterocycles. The number of carbonyl (C=O) groups excluding carboxylic acids is 1. The molecule has 2 aromatic rings. The van der Waals surface area contributed by atoms with E-state index in [1.807, 2.05) is 11.4 Å². The number of halogens is 3. The number of carbonyl (C=O) groups is 1. The van der Waals surface area contributed by atoms with Crippen molar-refractivity contribution in [3.8, 4) is 0 Å². The van der Waals surface area contributed by atoms with Crippen LogP contribution in [0.25, 0.3) is 6.08 Å². The monoisotopic (exact) mass is 335 g/mol. The van der Waals surface area contributed by atoms with Gasteiger partial charge in [-0.2, -0.15) is 13.2 Å². The van der Waals surface area contributed by atoms with E-state index in [-0.39, 0.29) is 0 Å². The summed E-state index contributed by atoms with van der Waals surface area (Å²) in [7, 11) is 0. The van der Waals surface area contributed by atoms with Crippen molar-refractivity contribution in [2.45, 2.75) is 18.3 Å². The minimum atomic E-state index is -5.02. The molecule has 126 valence electrons. The molecule has 0 saturated carbocycles. The molecule has 0 radical (unpaired) electrons. The maximum absolute atomic E-state index is 12.5. The number of alkyl halides is 3. The molecule has 0 aliphatic carbocycles. The summed E-state index contributed by atoms with van der Waals surface area (Å²) in [5.41, 5.74) is 1.16. The first-order valence-electron chi connectivity index (χ1n) is 7.22. The van der Waals surface area contributed by atoms with E-state index in [4.69, 9.17) is 0 Å². The maximum atomic E-state index is 12.5. The van der Waals surface area contributed by atoms with E-state index in [1.165, 1.54) is 6.08 Å². The molecule has 2 atom stereocenters. The molecular formula is C18H16F3NO2. The molecule has 6 heteroatoms. The second-order valence-electron chi connectivity index (χ2n) is 5.12. The Kier molecular flexibility index (Phi) is 5.76. The van der Waals surface area contributed by atoms with Gasteiger partial charge < -0.3 is 10.4 Å². The van der Waals surface area contributed by atoms with Crippen molar-refractivity contribution in [3.05, 3.63) is 77.9 Å². The summed E-state index contributed by atoms with van der Waals surface area (Å²) in [6.45, 7) is 0. The lowest BCUT2D eigenvalue weighted by molar-refractivity contribution is -0.175. The highest BCUT2D eigenvalue weighted by Crippen LogP contribution is 2.22. The standard InChI is InChI=1S/C18H16F3NO2/c19-18(20,21)17(24)22-16(14-9-5-2-6-10-14)15(23)12-11-13-7-3-1-4-8-13/h1-12,15-16,23H,(H,22,24)/b12-11+. The van der Waals surface area contributed by atoms with Gasteiger partial charge in [-0.15, -0.1) is 0 Å². The molecule has 0 aliphatic rings. The van der Waals surface area contributed by atoms with Gasteiger partial charge in [0.2, 0.25) is 0 Å². The van der Waals surface area contributed by atoms with Crippen LogP contribution in [-0.2, 0) is 4.79 Å². The van der Waals surface area contributed by atoms with E-state index < -0.39 is 24.2 Å². The van der Waals surface area contributed by atoms with Crippen LogP contribution in [0.4, 0.5) is 13.2 Å². The fourth-order valence-electron chi connectivity index (χ4n) is 2.13. The number of aliphatic hydroxyl groups is 1. The molecule has 0 spiro atoms. The van der Waals surface area contributed by atoms with Gasteiger partial charge in [0.05, 0.1) is 12.1 Å². The van der Waals surface area contributed by atoms with Gasteiger partial charge in [-0.25, -0.2) is 0 Å². The Morgan fingerprint density at radius 3 is 2.08 bits per heavy atom. The minimum Gasteiger partial charge on any atom is -0.387 e. The number of hydrogen-bond acceptors (Lipinski definition) is 2. The third kappa shape index (κ3) is 4.96. The van der Waals surface area contributed by atoms with Crippen LogP contribution in [-0.4, -0.2) is 23.3 Å². The summed E-state index contributed by atoms with van der Waals surface area (Å²) in [5, 5.41) is 12.1. The lowest BCUT2D eigenvalue weighted by atomic mass is 10.00. The van der Waals surface area contributed by atoms with Crippen molar-refractivity contribution < 1.29 is 23.1 Å². The zero-order chi connectivity index (χ0) is 17.6. The molecule has 0 fully saturated rings. The summed E-state index contributed by atoms with van der Waals surface area (Å²) in [6, 6.07) is 15.8. The van der Waals surface area contributed by atoms with E-state index in [0.29, 0.717) is 5.56 Å². The van der Waals surface area contributed by atoms with Crippen molar-refractivity contribution in [2.75, 3.05) is 0 Å². The first kappa shape index (κ1) is 17.7. The quantitative estimate of drug-likeness (QED) is 0.879. The molecule has 2 N–H and O–H groups in total. The Bertz CT molecular complexity index is 684. The Hall–Kier alpha value is -2.60. The van der Waals surface area contributed by atoms with E-state index in [2.05, 4.69) is 0 Å². The van der Waals surface area contributed by atoms with Gasteiger partial charge in [0.25, 0.3) is 0 Å². The Morgan fingerprint density at radius 2 is 1.54 bits per heavy atom. The highest BCUT2D eigenvalue weighted by atomic mass is 19.4. The molecule has 0 heterocycles. The molecule has 0 aliphatic heterocycles. The molecule has 3 nitrogen and oxygen atoms in total. The zero-order valence-corrected chi connectivity index (χ0v) is 12.6. The van der Waals surface area contributed by atoms with Crippen molar-refractivity contribution in [2.24, 2.45) is 0 Å². The third-order valence-electron chi connectivity index (χ3n) is 3.33. The van der Waals surface area contributed by atoms with Crippen LogP contribution in [0, 0.1) is 0 Å². The molecule has 2 unspecified atom stereocenters. The van der Waals surface area contributed by atoms with Crippen LogP contribution < -0.4 is 5.32 Å². The van der Waals surface area contributed by atoms with E-state index in [9.17, 15) is 23.1 Å². The van der Waals surface area contributed by atoms with Gasteiger partial charge in [-0.1, -0.05) is 72.8 Å². The van der Waals surface area contributed by atoms with Gasteiger partial charge in [0, 0.05) is 0 Å². The Labute approximate surface area is 137 Å². The topological polar surface area (TPSA) is 49.3 Å². The lowest BCUT2D eigenvalue weighted by Gasteiger charge is -2.23. The van der Waals surface area contributed by atoms with Crippen LogP contribution in [0.5, 0.6) is 0 Å². The van der Waals surface area contributed by atoms with E-state index in [1.54, 1.807) is 60.7 Å². The summed E-state index contributed by atoms with van der Waals surface area (Å²) in [4.78, 5) is 11.3. The SMILES string of the molecule is O=C(NC(c1ccccc1)C(O)/C=C/c1ccccc1)C(F)(F)F. The fourth-order valence-corrected chi connectivity index (χ4v) is 2.13. The fraction of sp³-hybridized carbons (Fsp3) is 0.167. The predicted molar refractivity (Wildman–Crippen MR) is 84.9 cm³/mol. The molecule has 2 aromatic carbocycles. The maximum Gasteiger partial charge on any atom is 0.471 e.